The summed E-state index contributed by atoms with van der Waals surface area (Å²) in [7, 11) is 0. The van der Waals surface area contributed by atoms with Crippen molar-refractivity contribution in [3.8, 4) is 0 Å². The molecule has 0 radical (unpaired) electrons. The molecule has 1 fully saturated rings. The zero-order valence-electron chi connectivity index (χ0n) is 19.1. The van der Waals surface area contributed by atoms with E-state index in [9.17, 15) is 9.59 Å². The molecular weight excluding hydrogens is 380 g/mol. The van der Waals surface area contributed by atoms with Gasteiger partial charge in [-0.1, -0.05) is 36.4 Å². The Morgan fingerprint density at radius 1 is 1.33 bits per heavy atom. The predicted octanol–water partition coefficient (Wildman–Crippen LogP) is 3.98. The largest absolute Gasteiger partial charge is 0.458 e. The van der Waals surface area contributed by atoms with Crippen LogP contribution < -0.4 is 5.32 Å². The van der Waals surface area contributed by atoms with Crippen LogP contribution in [0.1, 0.15) is 66.0 Å². The van der Waals surface area contributed by atoms with E-state index in [0.29, 0.717) is 19.4 Å². The molecule has 1 aromatic carbocycles. The molecule has 6 heteroatoms. The smallest absolute Gasteiger partial charge is 0.328 e. The second kappa shape index (κ2) is 9.75. The number of allylic oxidation sites excluding steroid dienone is 1. The van der Waals surface area contributed by atoms with Crippen LogP contribution in [0, 0.1) is 0 Å². The third-order valence-electron chi connectivity index (χ3n) is 5.14. The van der Waals surface area contributed by atoms with Gasteiger partial charge in [0.25, 0.3) is 0 Å². The Hall–Kier alpha value is -2.18. The number of hydrogen-bond acceptors (Lipinski definition) is 5. The number of hydrogen-bond donors (Lipinski definition) is 1. The fourth-order valence-corrected chi connectivity index (χ4v) is 3.77. The molecule has 166 valence electrons. The van der Waals surface area contributed by atoms with Crippen molar-refractivity contribution in [2.24, 2.45) is 0 Å². The van der Waals surface area contributed by atoms with Gasteiger partial charge in [0.15, 0.2) is 0 Å². The Morgan fingerprint density at radius 2 is 1.97 bits per heavy atom. The Bertz CT molecular complexity index is 739. The third kappa shape index (κ3) is 6.16. The lowest BCUT2D eigenvalue weighted by molar-refractivity contribution is -0.159. The predicted molar refractivity (Wildman–Crippen MR) is 118 cm³/mol. The van der Waals surface area contributed by atoms with Crippen LogP contribution in [0.2, 0.25) is 0 Å². The van der Waals surface area contributed by atoms with Crippen molar-refractivity contribution in [1.29, 1.82) is 0 Å². The molecule has 0 aliphatic carbocycles. The molecule has 1 aliphatic rings. The van der Waals surface area contributed by atoms with Crippen LogP contribution in [-0.4, -0.2) is 46.8 Å². The number of esters is 1. The maximum absolute atomic E-state index is 13.3. The van der Waals surface area contributed by atoms with E-state index in [2.05, 4.69) is 16.8 Å². The van der Waals surface area contributed by atoms with Crippen LogP contribution in [0.25, 0.3) is 0 Å². The minimum Gasteiger partial charge on any atom is -0.458 e. The summed E-state index contributed by atoms with van der Waals surface area (Å²) in [6, 6.07) is 8.77. The van der Waals surface area contributed by atoms with E-state index in [0.717, 1.165) is 5.56 Å². The number of carbonyl (C=O) groups excluding carboxylic acids is 2. The van der Waals surface area contributed by atoms with Crippen LogP contribution in [0.4, 0.5) is 0 Å². The van der Waals surface area contributed by atoms with Gasteiger partial charge in [-0.15, -0.1) is 6.58 Å². The maximum Gasteiger partial charge on any atom is 0.328 e. The first-order valence-corrected chi connectivity index (χ1v) is 10.6. The second-order valence-corrected chi connectivity index (χ2v) is 9.24. The number of amides is 1. The Balaban J connectivity index is 2.26. The summed E-state index contributed by atoms with van der Waals surface area (Å²) < 4.78 is 11.5. The molecule has 2 rings (SSSR count). The van der Waals surface area contributed by atoms with Gasteiger partial charge in [0.1, 0.15) is 17.4 Å². The molecule has 1 heterocycles. The molecule has 0 spiro atoms. The van der Waals surface area contributed by atoms with Gasteiger partial charge in [-0.25, -0.2) is 4.79 Å². The van der Waals surface area contributed by atoms with Crippen LogP contribution in [-0.2, 0) is 19.1 Å². The first-order chi connectivity index (χ1) is 14.0. The fourth-order valence-electron chi connectivity index (χ4n) is 3.77. The molecule has 30 heavy (non-hydrogen) atoms. The summed E-state index contributed by atoms with van der Waals surface area (Å²) in [6.45, 7) is 15.3. The van der Waals surface area contributed by atoms with Gasteiger partial charge in [0.2, 0.25) is 5.91 Å². The van der Waals surface area contributed by atoms with E-state index in [1.165, 1.54) is 0 Å². The minimum atomic E-state index is -0.746. The average Bonchev–Trinajstić information content (AvgIpc) is 2.96. The normalized spacial score (nSPS) is 20.9. The SMILES string of the molecule is C=CCC[C@@H](C(=O)N[C@@H](C)C(=O)OC(C)(C)C)N1[C@H](c2ccccc2)COC1(C)C. The minimum absolute atomic E-state index is 0.0569. The summed E-state index contributed by atoms with van der Waals surface area (Å²) in [5.41, 5.74) is -0.139. The molecule has 1 aliphatic heterocycles. The summed E-state index contributed by atoms with van der Waals surface area (Å²) in [5.74, 6) is -0.662. The Kier molecular flexibility index (Phi) is 7.83. The Morgan fingerprint density at radius 3 is 2.53 bits per heavy atom. The highest BCUT2D eigenvalue weighted by atomic mass is 16.6. The summed E-state index contributed by atoms with van der Waals surface area (Å²) >= 11 is 0. The molecule has 1 saturated heterocycles. The van der Waals surface area contributed by atoms with Crippen molar-refractivity contribution >= 4 is 11.9 Å². The quantitative estimate of drug-likeness (QED) is 0.513. The topological polar surface area (TPSA) is 67.9 Å². The molecule has 1 N–H and O–H groups in total. The van der Waals surface area contributed by atoms with Gasteiger partial charge in [-0.05, 0) is 59.9 Å². The van der Waals surface area contributed by atoms with Gasteiger partial charge < -0.3 is 14.8 Å². The Labute approximate surface area is 180 Å². The van der Waals surface area contributed by atoms with Crippen LogP contribution in [0.15, 0.2) is 43.0 Å². The number of benzene rings is 1. The van der Waals surface area contributed by atoms with E-state index >= 15 is 0 Å². The number of carbonyl (C=O) groups is 2. The number of nitrogens with one attached hydrogen (secondary N) is 1. The van der Waals surface area contributed by atoms with Gasteiger partial charge in [0.05, 0.1) is 18.7 Å². The summed E-state index contributed by atoms with van der Waals surface area (Å²) in [5, 5.41) is 2.85. The molecule has 0 aromatic heterocycles. The van der Waals surface area contributed by atoms with Crippen LogP contribution >= 0.6 is 0 Å². The van der Waals surface area contributed by atoms with Crippen LogP contribution in [0.5, 0.6) is 0 Å². The van der Waals surface area contributed by atoms with E-state index < -0.39 is 29.4 Å². The molecule has 0 saturated carbocycles. The second-order valence-electron chi connectivity index (χ2n) is 9.24. The monoisotopic (exact) mass is 416 g/mol. The van der Waals surface area contributed by atoms with Crippen molar-refractivity contribution in [2.75, 3.05) is 6.61 Å². The highest BCUT2D eigenvalue weighted by Crippen LogP contribution is 2.39. The average molecular weight is 417 g/mol. The standard InChI is InChI=1S/C24H36N2O4/c1-8-9-15-19(21(27)25-17(2)22(28)30-23(3,4)5)26-20(16-29-24(26,6)7)18-13-11-10-12-14-18/h8,10-14,17,19-20H,1,9,15-16H2,2-7H3,(H,25,27)/t17-,19-,20-/m0/s1. The van der Waals surface area contributed by atoms with Gasteiger partial charge >= 0.3 is 5.97 Å². The maximum atomic E-state index is 13.3. The zero-order valence-corrected chi connectivity index (χ0v) is 19.1. The molecular formula is C24H36N2O4. The lowest BCUT2D eigenvalue weighted by Crippen LogP contribution is -2.56. The zero-order chi connectivity index (χ0) is 22.5. The highest BCUT2D eigenvalue weighted by molar-refractivity contribution is 5.87. The van der Waals surface area contributed by atoms with Crippen molar-refractivity contribution in [2.45, 2.75) is 83.8 Å². The van der Waals surface area contributed by atoms with Crippen molar-refractivity contribution in [1.82, 2.24) is 10.2 Å². The lowest BCUT2D eigenvalue weighted by atomic mass is 9.99. The van der Waals surface area contributed by atoms with Crippen molar-refractivity contribution in [3.05, 3.63) is 48.6 Å². The number of rotatable bonds is 8. The highest BCUT2D eigenvalue weighted by Gasteiger charge is 2.47. The van der Waals surface area contributed by atoms with Gasteiger partial charge in [-0.2, -0.15) is 0 Å². The molecule has 0 bridgehead atoms. The summed E-state index contributed by atoms with van der Waals surface area (Å²) in [6.07, 6.45) is 3.05. The number of ether oxygens (including phenoxy) is 2. The van der Waals surface area contributed by atoms with Gasteiger partial charge in [0, 0.05) is 0 Å². The molecule has 1 amide bonds. The molecule has 1 aromatic rings. The fraction of sp³-hybridized carbons (Fsp3) is 0.583. The van der Waals surface area contributed by atoms with E-state index in [4.69, 9.17) is 9.47 Å². The first-order valence-electron chi connectivity index (χ1n) is 10.6. The molecule has 3 atom stereocenters. The molecule has 0 unspecified atom stereocenters. The number of nitrogens with zero attached hydrogens (tertiary/aromatic N) is 1. The van der Waals surface area contributed by atoms with Crippen LogP contribution in [0.3, 0.4) is 0 Å². The van der Waals surface area contributed by atoms with Crippen molar-refractivity contribution < 1.29 is 19.1 Å². The first kappa shape index (κ1) is 24.1. The lowest BCUT2D eigenvalue weighted by Gasteiger charge is -2.39. The molecule has 6 nitrogen and oxygen atoms in total. The van der Waals surface area contributed by atoms with E-state index in [1.807, 2.05) is 44.2 Å². The van der Waals surface area contributed by atoms with E-state index in [-0.39, 0.29) is 11.9 Å². The third-order valence-corrected chi connectivity index (χ3v) is 5.14. The van der Waals surface area contributed by atoms with E-state index in [1.54, 1.807) is 33.8 Å². The van der Waals surface area contributed by atoms with Crippen molar-refractivity contribution in [3.63, 3.8) is 0 Å². The van der Waals surface area contributed by atoms with Gasteiger partial charge in [-0.3, -0.25) is 9.69 Å². The summed E-state index contributed by atoms with van der Waals surface area (Å²) in [4.78, 5) is 27.8.